The van der Waals surface area contributed by atoms with Gasteiger partial charge in [-0.25, -0.2) is 4.79 Å². The van der Waals surface area contributed by atoms with Gasteiger partial charge in [0.15, 0.2) is 11.8 Å². The lowest BCUT2D eigenvalue weighted by Gasteiger charge is -2.08. The van der Waals surface area contributed by atoms with Crippen molar-refractivity contribution < 1.29 is 33.1 Å². The van der Waals surface area contributed by atoms with Gasteiger partial charge in [0.25, 0.3) is 0 Å². The number of nitro benzene ring substituents is 1. The number of alkyl halides is 2. The second kappa shape index (κ2) is 5.17. The number of carboxylic acid groups (broad SMARTS) is 1. The fraction of sp³-hybridized carbons (Fsp3) is 0.111. The number of carbonyl (C=O) groups is 2. The second-order valence-corrected chi connectivity index (χ2v) is 2.94. The normalized spacial score (nSPS) is 10.2. The van der Waals surface area contributed by atoms with Crippen LogP contribution in [0.15, 0.2) is 12.1 Å². The van der Waals surface area contributed by atoms with E-state index in [1.807, 2.05) is 0 Å². The summed E-state index contributed by atoms with van der Waals surface area (Å²) in [6.07, 6.45) is 0.0720. The second-order valence-electron chi connectivity index (χ2n) is 2.94. The van der Waals surface area contributed by atoms with Crippen molar-refractivity contribution in [2.45, 2.75) is 6.61 Å². The van der Waals surface area contributed by atoms with Crippen LogP contribution in [0.2, 0.25) is 0 Å². The Bertz CT molecular complexity index is 516. The average Bonchev–Trinajstić information content (AvgIpc) is 2.26. The van der Waals surface area contributed by atoms with Gasteiger partial charge in [-0.15, -0.1) is 0 Å². The number of nitro groups is 1. The van der Waals surface area contributed by atoms with Crippen LogP contribution < -0.4 is 4.74 Å². The van der Waals surface area contributed by atoms with E-state index in [-0.39, 0.29) is 6.29 Å². The maximum Gasteiger partial charge on any atom is 0.387 e. The highest BCUT2D eigenvalue weighted by molar-refractivity contribution is 6.02. The molecule has 7 nitrogen and oxygen atoms in total. The predicted octanol–water partition coefficient (Wildman–Crippen LogP) is 1.71. The molecule has 0 spiro atoms. The van der Waals surface area contributed by atoms with E-state index in [2.05, 4.69) is 4.74 Å². The molecule has 1 aromatic rings. The summed E-state index contributed by atoms with van der Waals surface area (Å²) in [5.74, 6) is -2.71. The molecule has 1 aromatic carbocycles. The molecule has 0 bridgehead atoms. The van der Waals surface area contributed by atoms with E-state index in [0.29, 0.717) is 0 Å². The molecule has 96 valence electrons. The number of ether oxygens (including phenoxy) is 1. The van der Waals surface area contributed by atoms with Gasteiger partial charge in [0, 0.05) is 5.56 Å². The number of aldehydes is 1. The third-order valence-electron chi connectivity index (χ3n) is 1.91. The number of halogens is 2. The number of aromatic carboxylic acids is 1. The molecule has 9 heteroatoms. The van der Waals surface area contributed by atoms with Crippen molar-refractivity contribution in [2.24, 2.45) is 0 Å². The standard InChI is InChI=1S/C9H5F2NO6/c10-9(11)18-5-2-1-4(3-13)6(8(14)15)7(5)12(16)17/h1-3,9H,(H,14,15). The Morgan fingerprint density at radius 2 is 2.11 bits per heavy atom. The Hall–Kier alpha value is -2.58. The molecule has 0 saturated heterocycles. The molecular formula is C9H5F2NO6. The van der Waals surface area contributed by atoms with Crippen molar-refractivity contribution in [3.63, 3.8) is 0 Å². The van der Waals surface area contributed by atoms with E-state index < -0.39 is 40.1 Å². The fourth-order valence-electron chi connectivity index (χ4n) is 1.28. The molecule has 0 aliphatic carbocycles. The molecule has 0 aliphatic heterocycles. The summed E-state index contributed by atoms with van der Waals surface area (Å²) >= 11 is 0. The summed E-state index contributed by atoms with van der Waals surface area (Å²) in [6.45, 7) is -3.35. The molecular weight excluding hydrogens is 256 g/mol. The molecule has 0 heterocycles. The van der Waals surface area contributed by atoms with Crippen LogP contribution in [0.1, 0.15) is 20.7 Å². The lowest BCUT2D eigenvalue weighted by Crippen LogP contribution is -2.11. The Labute approximate surface area is 97.7 Å². The first-order valence-electron chi connectivity index (χ1n) is 4.33. The zero-order chi connectivity index (χ0) is 13.9. The number of hydrogen-bond donors (Lipinski definition) is 1. The Morgan fingerprint density at radius 3 is 2.50 bits per heavy atom. The minimum atomic E-state index is -3.35. The van der Waals surface area contributed by atoms with Gasteiger partial charge in [-0.2, -0.15) is 8.78 Å². The first kappa shape index (κ1) is 13.5. The van der Waals surface area contributed by atoms with Crippen LogP contribution in [0.5, 0.6) is 5.75 Å². The summed E-state index contributed by atoms with van der Waals surface area (Å²) in [4.78, 5) is 30.9. The molecule has 0 aromatic heterocycles. The highest BCUT2D eigenvalue weighted by Gasteiger charge is 2.30. The van der Waals surface area contributed by atoms with Crippen LogP contribution >= 0.6 is 0 Å². The van der Waals surface area contributed by atoms with Crippen molar-refractivity contribution in [2.75, 3.05) is 0 Å². The molecule has 1 rings (SSSR count). The highest BCUT2D eigenvalue weighted by atomic mass is 19.3. The Kier molecular flexibility index (Phi) is 3.87. The van der Waals surface area contributed by atoms with Gasteiger partial charge in [-0.05, 0) is 12.1 Å². The predicted molar refractivity (Wildman–Crippen MR) is 52.1 cm³/mol. The molecule has 0 radical (unpaired) electrons. The monoisotopic (exact) mass is 261 g/mol. The van der Waals surface area contributed by atoms with Crippen LogP contribution in [0.4, 0.5) is 14.5 Å². The maximum atomic E-state index is 12.0. The zero-order valence-electron chi connectivity index (χ0n) is 8.50. The summed E-state index contributed by atoms with van der Waals surface area (Å²) < 4.78 is 27.9. The van der Waals surface area contributed by atoms with Crippen LogP contribution in [-0.4, -0.2) is 28.9 Å². The van der Waals surface area contributed by atoms with Crippen molar-refractivity contribution in [3.05, 3.63) is 33.4 Å². The molecule has 0 atom stereocenters. The molecule has 18 heavy (non-hydrogen) atoms. The molecule has 1 N–H and O–H groups in total. The van der Waals surface area contributed by atoms with Gasteiger partial charge >= 0.3 is 18.3 Å². The van der Waals surface area contributed by atoms with E-state index in [9.17, 15) is 28.5 Å². The Morgan fingerprint density at radius 1 is 1.50 bits per heavy atom. The van der Waals surface area contributed by atoms with Crippen LogP contribution in [0.25, 0.3) is 0 Å². The summed E-state index contributed by atoms with van der Waals surface area (Å²) in [5, 5.41) is 19.5. The van der Waals surface area contributed by atoms with E-state index in [0.717, 1.165) is 12.1 Å². The van der Waals surface area contributed by atoms with Gasteiger partial charge in [-0.3, -0.25) is 14.9 Å². The SMILES string of the molecule is O=Cc1ccc(OC(F)F)c([N+](=O)[O-])c1C(=O)O. The fourth-order valence-corrected chi connectivity index (χ4v) is 1.28. The molecule has 0 saturated carbocycles. The van der Waals surface area contributed by atoms with E-state index >= 15 is 0 Å². The van der Waals surface area contributed by atoms with Gasteiger partial charge in [-0.1, -0.05) is 0 Å². The summed E-state index contributed by atoms with van der Waals surface area (Å²) in [5.41, 5.74) is -2.68. The summed E-state index contributed by atoms with van der Waals surface area (Å²) in [7, 11) is 0. The quantitative estimate of drug-likeness (QED) is 0.491. The highest BCUT2D eigenvalue weighted by Crippen LogP contribution is 2.33. The third-order valence-corrected chi connectivity index (χ3v) is 1.91. The van der Waals surface area contributed by atoms with Crippen LogP contribution in [-0.2, 0) is 0 Å². The van der Waals surface area contributed by atoms with Gasteiger partial charge < -0.3 is 9.84 Å². The first-order valence-corrected chi connectivity index (χ1v) is 4.33. The minimum Gasteiger partial charge on any atom is -0.477 e. The molecule has 0 aliphatic rings. The lowest BCUT2D eigenvalue weighted by molar-refractivity contribution is -0.386. The van der Waals surface area contributed by atoms with Crippen LogP contribution in [0.3, 0.4) is 0 Å². The molecule has 0 fully saturated rings. The van der Waals surface area contributed by atoms with Crippen molar-refractivity contribution in [1.82, 2.24) is 0 Å². The van der Waals surface area contributed by atoms with Gasteiger partial charge in [0.2, 0.25) is 5.75 Å². The topological polar surface area (TPSA) is 107 Å². The smallest absolute Gasteiger partial charge is 0.387 e. The maximum absolute atomic E-state index is 12.0. The van der Waals surface area contributed by atoms with E-state index in [4.69, 9.17) is 5.11 Å². The minimum absolute atomic E-state index is 0.0720. The number of carbonyl (C=O) groups excluding carboxylic acids is 1. The third kappa shape index (κ3) is 2.56. The lowest BCUT2D eigenvalue weighted by atomic mass is 10.1. The number of hydrogen-bond acceptors (Lipinski definition) is 5. The molecule has 0 amide bonds. The number of carboxylic acids is 1. The van der Waals surface area contributed by atoms with Crippen molar-refractivity contribution in [1.29, 1.82) is 0 Å². The van der Waals surface area contributed by atoms with E-state index in [1.165, 1.54) is 0 Å². The van der Waals surface area contributed by atoms with Gasteiger partial charge in [0.05, 0.1) is 4.92 Å². The largest absolute Gasteiger partial charge is 0.477 e. The first-order chi connectivity index (χ1) is 8.38. The van der Waals surface area contributed by atoms with Crippen LogP contribution in [0, 0.1) is 10.1 Å². The zero-order valence-corrected chi connectivity index (χ0v) is 8.50. The summed E-state index contributed by atoms with van der Waals surface area (Å²) in [6, 6.07) is 1.58. The van der Waals surface area contributed by atoms with Crippen molar-refractivity contribution >= 4 is 17.9 Å². The van der Waals surface area contributed by atoms with Crippen molar-refractivity contribution in [3.8, 4) is 5.75 Å². The number of nitrogens with zero attached hydrogens (tertiary/aromatic N) is 1. The average molecular weight is 261 g/mol. The molecule has 0 unspecified atom stereocenters. The van der Waals surface area contributed by atoms with Gasteiger partial charge in [0.1, 0.15) is 0 Å². The Balaban J connectivity index is 3.56. The van der Waals surface area contributed by atoms with E-state index in [1.54, 1.807) is 0 Å². The number of rotatable bonds is 5. The number of benzene rings is 1.